The van der Waals surface area contributed by atoms with E-state index in [1.165, 1.54) is 11.0 Å². The predicted molar refractivity (Wildman–Crippen MR) is 69.9 cm³/mol. The van der Waals surface area contributed by atoms with Gasteiger partial charge in [-0.3, -0.25) is 0 Å². The molecule has 3 rings (SSSR count). The molecule has 0 fully saturated rings. The second-order valence-electron chi connectivity index (χ2n) is 4.17. The molecule has 1 aromatic heterocycles. The molecule has 0 N–H and O–H groups in total. The first-order valence-electron chi connectivity index (χ1n) is 5.86. The summed E-state index contributed by atoms with van der Waals surface area (Å²) in [5.74, 6) is -0.275. The van der Waals surface area contributed by atoms with Crippen LogP contribution in [0.2, 0.25) is 0 Å². The Morgan fingerprint density at radius 2 is 2.05 bits per heavy atom. The minimum absolute atomic E-state index is 0.245. The lowest BCUT2D eigenvalue weighted by atomic mass is 10.0. The van der Waals surface area contributed by atoms with Gasteiger partial charge in [-0.1, -0.05) is 30.3 Å². The Morgan fingerprint density at radius 3 is 2.89 bits per heavy atom. The van der Waals surface area contributed by atoms with Crippen LogP contribution in [-0.2, 0) is 11.5 Å². The molecule has 5 heteroatoms. The van der Waals surface area contributed by atoms with Crippen LogP contribution in [0.25, 0.3) is 22.0 Å². The summed E-state index contributed by atoms with van der Waals surface area (Å²) in [4.78, 5) is 1.38. The maximum Gasteiger partial charge on any atom is 0.158 e. The van der Waals surface area contributed by atoms with Gasteiger partial charge < -0.3 is 4.74 Å². The summed E-state index contributed by atoms with van der Waals surface area (Å²) >= 11 is 0. The van der Waals surface area contributed by atoms with Gasteiger partial charge in [0.1, 0.15) is 11.5 Å². The average Bonchev–Trinajstić information content (AvgIpc) is 2.88. The van der Waals surface area contributed by atoms with Crippen molar-refractivity contribution in [2.75, 3.05) is 7.11 Å². The normalized spacial score (nSPS) is 11.1. The zero-order chi connectivity index (χ0) is 13.2. The molecule has 0 aliphatic carbocycles. The third-order valence-corrected chi connectivity index (χ3v) is 2.92. The molecule has 2 aromatic carbocycles. The highest BCUT2D eigenvalue weighted by Crippen LogP contribution is 2.27. The second kappa shape index (κ2) is 4.78. The summed E-state index contributed by atoms with van der Waals surface area (Å²) in [6, 6.07) is 10.9. The third kappa shape index (κ3) is 2.08. The third-order valence-electron chi connectivity index (χ3n) is 2.92. The van der Waals surface area contributed by atoms with Crippen LogP contribution in [0.4, 0.5) is 4.39 Å². The van der Waals surface area contributed by atoms with Crippen LogP contribution >= 0.6 is 0 Å². The first-order valence-corrected chi connectivity index (χ1v) is 5.86. The SMILES string of the molecule is COCn1ncc(-c2ccc3ccccc3c2F)n1. The van der Waals surface area contributed by atoms with E-state index in [1.54, 1.807) is 19.2 Å². The molecular formula is C14H12FN3O. The molecule has 0 amide bonds. The number of hydrogen-bond donors (Lipinski definition) is 0. The van der Waals surface area contributed by atoms with Gasteiger partial charge >= 0.3 is 0 Å². The topological polar surface area (TPSA) is 39.9 Å². The zero-order valence-corrected chi connectivity index (χ0v) is 10.4. The van der Waals surface area contributed by atoms with Crippen LogP contribution in [0.1, 0.15) is 0 Å². The highest BCUT2D eigenvalue weighted by molar-refractivity contribution is 5.87. The molecule has 4 nitrogen and oxygen atoms in total. The first-order chi connectivity index (χ1) is 9.29. The summed E-state index contributed by atoms with van der Waals surface area (Å²) < 4.78 is 19.4. The molecule has 19 heavy (non-hydrogen) atoms. The highest BCUT2D eigenvalue weighted by Gasteiger charge is 2.12. The zero-order valence-electron chi connectivity index (χ0n) is 10.4. The fourth-order valence-corrected chi connectivity index (χ4v) is 2.03. The molecular weight excluding hydrogens is 245 g/mol. The minimum Gasteiger partial charge on any atom is -0.361 e. The van der Waals surface area contributed by atoms with E-state index in [4.69, 9.17) is 4.74 Å². The largest absolute Gasteiger partial charge is 0.361 e. The van der Waals surface area contributed by atoms with Crippen LogP contribution in [0.15, 0.2) is 42.6 Å². The molecule has 0 bridgehead atoms. The number of fused-ring (bicyclic) bond motifs is 1. The smallest absolute Gasteiger partial charge is 0.158 e. The Balaban J connectivity index is 2.11. The Labute approximate surface area is 109 Å². The molecule has 0 aliphatic rings. The van der Waals surface area contributed by atoms with Crippen LogP contribution in [0.3, 0.4) is 0 Å². The van der Waals surface area contributed by atoms with Crippen molar-refractivity contribution in [2.24, 2.45) is 0 Å². The molecule has 0 saturated carbocycles. The van der Waals surface area contributed by atoms with Crippen molar-refractivity contribution in [3.63, 3.8) is 0 Å². The molecule has 0 radical (unpaired) electrons. The summed E-state index contributed by atoms with van der Waals surface area (Å²) in [6.07, 6.45) is 1.53. The van der Waals surface area contributed by atoms with Crippen molar-refractivity contribution in [3.8, 4) is 11.3 Å². The lowest BCUT2D eigenvalue weighted by molar-refractivity contribution is 0.108. The Bertz CT molecular complexity index is 724. The van der Waals surface area contributed by atoms with Gasteiger partial charge in [0.25, 0.3) is 0 Å². The average molecular weight is 257 g/mol. The lowest BCUT2D eigenvalue weighted by Gasteiger charge is -2.03. The monoisotopic (exact) mass is 257 g/mol. The van der Waals surface area contributed by atoms with Gasteiger partial charge in [-0.25, -0.2) is 4.39 Å². The molecule has 96 valence electrons. The summed E-state index contributed by atoms with van der Waals surface area (Å²) in [5.41, 5.74) is 0.946. The van der Waals surface area contributed by atoms with E-state index in [0.29, 0.717) is 16.6 Å². The first kappa shape index (κ1) is 11.8. The van der Waals surface area contributed by atoms with Gasteiger partial charge in [-0.05, 0) is 11.5 Å². The van der Waals surface area contributed by atoms with E-state index < -0.39 is 0 Å². The fourth-order valence-electron chi connectivity index (χ4n) is 2.03. The molecule has 0 saturated heterocycles. The van der Waals surface area contributed by atoms with Gasteiger partial charge in [-0.15, -0.1) is 0 Å². The highest BCUT2D eigenvalue weighted by atomic mass is 19.1. The van der Waals surface area contributed by atoms with Crippen LogP contribution in [0, 0.1) is 5.82 Å². The van der Waals surface area contributed by atoms with E-state index in [1.807, 2.05) is 24.3 Å². The van der Waals surface area contributed by atoms with Gasteiger partial charge in [0.05, 0.1) is 6.20 Å². The molecule has 0 aliphatic heterocycles. The predicted octanol–water partition coefficient (Wildman–Crippen LogP) is 2.84. The van der Waals surface area contributed by atoms with Gasteiger partial charge in [0, 0.05) is 18.1 Å². The van der Waals surface area contributed by atoms with Crippen molar-refractivity contribution >= 4 is 10.8 Å². The number of halogens is 1. The molecule has 0 atom stereocenters. The number of ether oxygens (including phenoxy) is 1. The molecule has 0 unspecified atom stereocenters. The van der Waals surface area contributed by atoms with Gasteiger partial charge in [-0.2, -0.15) is 15.0 Å². The van der Waals surface area contributed by atoms with Crippen molar-refractivity contribution in [1.82, 2.24) is 15.0 Å². The summed E-state index contributed by atoms with van der Waals surface area (Å²) in [5, 5.41) is 9.65. The van der Waals surface area contributed by atoms with Crippen molar-refractivity contribution < 1.29 is 9.13 Å². The Kier molecular flexibility index (Phi) is 2.97. The van der Waals surface area contributed by atoms with Crippen molar-refractivity contribution in [2.45, 2.75) is 6.73 Å². The number of nitrogens with zero attached hydrogens (tertiary/aromatic N) is 3. The van der Waals surface area contributed by atoms with E-state index in [9.17, 15) is 4.39 Å². The number of methoxy groups -OCH3 is 1. The maximum atomic E-state index is 14.4. The van der Waals surface area contributed by atoms with Crippen molar-refractivity contribution in [3.05, 3.63) is 48.4 Å². The van der Waals surface area contributed by atoms with E-state index in [2.05, 4.69) is 10.2 Å². The summed E-state index contributed by atoms with van der Waals surface area (Å²) in [7, 11) is 1.56. The Hall–Kier alpha value is -2.27. The quantitative estimate of drug-likeness (QED) is 0.724. The molecule has 3 aromatic rings. The minimum atomic E-state index is -0.275. The molecule has 0 spiro atoms. The number of rotatable bonds is 3. The fraction of sp³-hybridized carbons (Fsp3) is 0.143. The standard InChI is InChI=1S/C14H12FN3O/c1-19-9-18-16-8-13(17-18)12-7-6-10-4-2-3-5-11(10)14(12)15/h2-8H,9H2,1H3. The second-order valence-corrected chi connectivity index (χ2v) is 4.17. The molecule has 1 heterocycles. The van der Waals surface area contributed by atoms with Crippen LogP contribution in [0.5, 0.6) is 0 Å². The van der Waals surface area contributed by atoms with Crippen LogP contribution < -0.4 is 0 Å². The van der Waals surface area contributed by atoms with Crippen LogP contribution in [-0.4, -0.2) is 22.1 Å². The number of aromatic nitrogens is 3. The number of hydrogen-bond acceptors (Lipinski definition) is 3. The lowest BCUT2D eigenvalue weighted by Crippen LogP contribution is -2.03. The van der Waals surface area contributed by atoms with Gasteiger partial charge in [0.15, 0.2) is 6.73 Å². The van der Waals surface area contributed by atoms with E-state index in [-0.39, 0.29) is 12.5 Å². The van der Waals surface area contributed by atoms with Gasteiger partial charge in [0.2, 0.25) is 0 Å². The van der Waals surface area contributed by atoms with Crippen molar-refractivity contribution in [1.29, 1.82) is 0 Å². The summed E-state index contributed by atoms with van der Waals surface area (Å²) in [6.45, 7) is 0.245. The number of benzene rings is 2. The van der Waals surface area contributed by atoms with E-state index >= 15 is 0 Å². The Morgan fingerprint density at radius 1 is 1.21 bits per heavy atom. The van der Waals surface area contributed by atoms with E-state index in [0.717, 1.165) is 5.39 Å². The maximum absolute atomic E-state index is 14.4.